The lowest BCUT2D eigenvalue weighted by Gasteiger charge is -2.14. The van der Waals surface area contributed by atoms with Crippen molar-refractivity contribution in [2.75, 3.05) is 5.73 Å². The zero-order chi connectivity index (χ0) is 15.6. The Labute approximate surface area is 129 Å². The number of benzene rings is 1. The first-order valence-corrected chi connectivity index (χ1v) is 7.63. The molecular formula is C16H20N2O2S. The van der Waals surface area contributed by atoms with E-state index in [0.717, 1.165) is 16.3 Å². The molecule has 0 fully saturated rings. The van der Waals surface area contributed by atoms with E-state index in [1.807, 2.05) is 18.4 Å². The number of aryl methyl sites for hydroxylation is 1. The predicted molar refractivity (Wildman–Crippen MR) is 85.5 cm³/mol. The third-order valence-electron chi connectivity index (χ3n) is 3.16. The van der Waals surface area contributed by atoms with Crippen LogP contribution in [-0.2, 0) is 16.8 Å². The highest BCUT2D eigenvalue weighted by atomic mass is 32.1. The zero-order valence-electron chi connectivity index (χ0n) is 12.8. The molecule has 21 heavy (non-hydrogen) atoms. The number of nitrogens with two attached hydrogens (primary N) is 1. The van der Waals surface area contributed by atoms with Crippen molar-refractivity contribution in [1.82, 2.24) is 4.98 Å². The fourth-order valence-electron chi connectivity index (χ4n) is 1.70. The zero-order valence-corrected chi connectivity index (χ0v) is 13.6. The highest BCUT2D eigenvalue weighted by molar-refractivity contribution is 7.09. The first kappa shape index (κ1) is 15.5. The number of hydrogen-bond acceptors (Lipinski definition) is 5. The normalized spacial score (nSPS) is 11.4. The van der Waals surface area contributed by atoms with Crippen molar-refractivity contribution in [3.05, 3.63) is 45.4 Å². The molecule has 0 saturated heterocycles. The molecule has 2 N–H and O–H groups in total. The summed E-state index contributed by atoms with van der Waals surface area (Å²) in [6, 6.07) is 5.17. The second-order valence-electron chi connectivity index (χ2n) is 6.02. The second-order valence-corrected chi connectivity index (χ2v) is 6.97. The van der Waals surface area contributed by atoms with Gasteiger partial charge in [0.2, 0.25) is 0 Å². The van der Waals surface area contributed by atoms with Gasteiger partial charge in [0.15, 0.2) is 0 Å². The quantitative estimate of drug-likeness (QED) is 0.694. The van der Waals surface area contributed by atoms with E-state index in [1.54, 1.807) is 12.1 Å². The SMILES string of the molecule is Cc1ccc(C(=O)OCc2nc(C(C)(C)C)cs2)cc1N. The summed E-state index contributed by atoms with van der Waals surface area (Å²) in [5, 5.41) is 2.81. The van der Waals surface area contributed by atoms with E-state index >= 15 is 0 Å². The summed E-state index contributed by atoms with van der Waals surface area (Å²) < 4.78 is 5.29. The van der Waals surface area contributed by atoms with E-state index in [0.29, 0.717) is 11.3 Å². The van der Waals surface area contributed by atoms with Crippen LogP contribution in [0.25, 0.3) is 0 Å². The summed E-state index contributed by atoms with van der Waals surface area (Å²) in [5.74, 6) is -0.380. The fourth-order valence-corrected chi connectivity index (χ4v) is 2.63. The van der Waals surface area contributed by atoms with Crippen molar-refractivity contribution >= 4 is 23.0 Å². The Morgan fingerprint density at radius 2 is 2.10 bits per heavy atom. The average molecular weight is 304 g/mol. The Morgan fingerprint density at radius 1 is 1.38 bits per heavy atom. The number of ether oxygens (including phenoxy) is 1. The van der Waals surface area contributed by atoms with Crippen LogP contribution in [-0.4, -0.2) is 11.0 Å². The maximum absolute atomic E-state index is 12.0. The van der Waals surface area contributed by atoms with Gasteiger partial charge in [0.25, 0.3) is 0 Å². The van der Waals surface area contributed by atoms with Crippen molar-refractivity contribution in [2.45, 2.75) is 39.7 Å². The number of hydrogen-bond donors (Lipinski definition) is 1. The number of anilines is 1. The monoisotopic (exact) mass is 304 g/mol. The molecule has 0 saturated carbocycles. The number of esters is 1. The molecule has 1 aromatic carbocycles. The second kappa shape index (κ2) is 5.85. The van der Waals surface area contributed by atoms with Gasteiger partial charge in [-0.05, 0) is 24.6 Å². The molecule has 0 aliphatic heterocycles. The molecule has 0 unspecified atom stereocenters. The maximum Gasteiger partial charge on any atom is 0.338 e. The third-order valence-corrected chi connectivity index (χ3v) is 3.98. The molecule has 0 aliphatic carbocycles. The Kier molecular flexibility index (Phi) is 4.32. The van der Waals surface area contributed by atoms with E-state index in [9.17, 15) is 4.79 Å². The van der Waals surface area contributed by atoms with Crippen LogP contribution in [0.1, 0.15) is 47.4 Å². The van der Waals surface area contributed by atoms with Crippen LogP contribution in [0.5, 0.6) is 0 Å². The Hall–Kier alpha value is -1.88. The van der Waals surface area contributed by atoms with Crippen molar-refractivity contribution in [3.63, 3.8) is 0 Å². The lowest BCUT2D eigenvalue weighted by Crippen LogP contribution is -2.12. The van der Waals surface area contributed by atoms with E-state index in [1.165, 1.54) is 11.3 Å². The topological polar surface area (TPSA) is 65.2 Å². The molecule has 1 heterocycles. The first-order chi connectivity index (χ1) is 9.77. The minimum atomic E-state index is -0.380. The van der Waals surface area contributed by atoms with Gasteiger partial charge >= 0.3 is 5.97 Å². The average Bonchev–Trinajstić information content (AvgIpc) is 2.88. The summed E-state index contributed by atoms with van der Waals surface area (Å²) in [5.41, 5.74) is 8.82. The van der Waals surface area contributed by atoms with Gasteiger partial charge in [-0.1, -0.05) is 26.8 Å². The Bertz CT molecular complexity index is 657. The molecule has 112 valence electrons. The van der Waals surface area contributed by atoms with Crippen LogP contribution in [0.2, 0.25) is 0 Å². The molecule has 2 aromatic rings. The van der Waals surface area contributed by atoms with Crippen molar-refractivity contribution in [2.24, 2.45) is 0 Å². The van der Waals surface area contributed by atoms with E-state index < -0.39 is 0 Å². The molecule has 5 heteroatoms. The van der Waals surface area contributed by atoms with Gasteiger partial charge < -0.3 is 10.5 Å². The number of aromatic nitrogens is 1. The summed E-state index contributed by atoms with van der Waals surface area (Å²) in [4.78, 5) is 16.5. The van der Waals surface area contributed by atoms with Gasteiger partial charge in [0.05, 0.1) is 11.3 Å². The molecule has 4 nitrogen and oxygen atoms in total. The van der Waals surface area contributed by atoms with E-state index in [2.05, 4.69) is 25.8 Å². The van der Waals surface area contributed by atoms with Crippen LogP contribution in [0, 0.1) is 6.92 Å². The molecule has 0 radical (unpaired) electrons. The van der Waals surface area contributed by atoms with Crippen LogP contribution in [0.3, 0.4) is 0 Å². The highest BCUT2D eigenvalue weighted by Gasteiger charge is 2.18. The lowest BCUT2D eigenvalue weighted by molar-refractivity contribution is 0.0472. The van der Waals surface area contributed by atoms with Gasteiger partial charge in [-0.15, -0.1) is 11.3 Å². The van der Waals surface area contributed by atoms with E-state index in [-0.39, 0.29) is 18.0 Å². The Balaban J connectivity index is 2.01. The number of nitrogen functional groups attached to an aromatic ring is 1. The molecule has 2 rings (SSSR count). The molecule has 0 spiro atoms. The van der Waals surface area contributed by atoms with Gasteiger partial charge in [-0.3, -0.25) is 0 Å². The maximum atomic E-state index is 12.0. The summed E-state index contributed by atoms with van der Waals surface area (Å²) in [6.45, 7) is 8.40. The Morgan fingerprint density at radius 3 is 2.67 bits per heavy atom. The lowest BCUT2D eigenvalue weighted by atomic mass is 9.93. The van der Waals surface area contributed by atoms with Crippen LogP contribution >= 0.6 is 11.3 Å². The number of nitrogens with zero attached hydrogens (tertiary/aromatic N) is 1. The van der Waals surface area contributed by atoms with Gasteiger partial charge in [-0.25, -0.2) is 9.78 Å². The fraction of sp³-hybridized carbons (Fsp3) is 0.375. The number of carbonyl (C=O) groups excluding carboxylic acids is 1. The van der Waals surface area contributed by atoms with Crippen molar-refractivity contribution in [1.29, 1.82) is 0 Å². The minimum Gasteiger partial charge on any atom is -0.455 e. The van der Waals surface area contributed by atoms with Gasteiger partial charge in [0.1, 0.15) is 11.6 Å². The molecule has 0 bridgehead atoms. The van der Waals surface area contributed by atoms with E-state index in [4.69, 9.17) is 10.5 Å². The highest BCUT2D eigenvalue weighted by Crippen LogP contribution is 2.24. The summed E-state index contributed by atoms with van der Waals surface area (Å²) in [7, 11) is 0. The standard InChI is InChI=1S/C16H20N2O2S/c1-10-5-6-11(7-12(10)17)15(19)20-8-14-18-13(9-21-14)16(2,3)4/h5-7,9H,8,17H2,1-4H3. The molecule has 0 atom stereocenters. The largest absolute Gasteiger partial charge is 0.455 e. The smallest absolute Gasteiger partial charge is 0.338 e. The van der Waals surface area contributed by atoms with Crippen LogP contribution in [0.15, 0.2) is 23.6 Å². The molecule has 1 aromatic heterocycles. The van der Waals surface area contributed by atoms with Crippen molar-refractivity contribution in [3.8, 4) is 0 Å². The van der Waals surface area contributed by atoms with Crippen LogP contribution < -0.4 is 5.73 Å². The third kappa shape index (κ3) is 3.82. The number of carbonyl (C=O) groups is 1. The number of thiazole rings is 1. The minimum absolute atomic E-state index is 0.00413. The van der Waals surface area contributed by atoms with Gasteiger partial charge in [-0.2, -0.15) is 0 Å². The summed E-state index contributed by atoms with van der Waals surface area (Å²) >= 11 is 1.51. The van der Waals surface area contributed by atoms with Crippen LogP contribution in [0.4, 0.5) is 5.69 Å². The predicted octanol–water partition coefficient (Wildman–Crippen LogP) is 3.69. The van der Waals surface area contributed by atoms with Crippen molar-refractivity contribution < 1.29 is 9.53 Å². The van der Waals surface area contributed by atoms with Gasteiger partial charge in [0, 0.05) is 16.5 Å². The summed E-state index contributed by atoms with van der Waals surface area (Å²) in [6.07, 6.45) is 0. The molecule has 0 aliphatic rings. The molecular weight excluding hydrogens is 284 g/mol. The number of rotatable bonds is 3. The molecule has 0 amide bonds. The first-order valence-electron chi connectivity index (χ1n) is 6.75.